The van der Waals surface area contributed by atoms with E-state index in [-0.39, 0.29) is 173 Å². The van der Waals surface area contributed by atoms with E-state index in [2.05, 4.69) is 47.9 Å². The van der Waals surface area contributed by atoms with Gasteiger partial charge in [0.2, 0.25) is 53.2 Å². The molecule has 3 fully saturated rings. The average Bonchev–Trinajstić information content (AvgIpc) is 0.796. The summed E-state index contributed by atoms with van der Waals surface area (Å²) in [7, 11) is 0. The molecule has 0 saturated carbocycles. The summed E-state index contributed by atoms with van der Waals surface area (Å²) in [6.45, 7) is 13.0. The zero-order valence-electron chi connectivity index (χ0n) is 73.3. The van der Waals surface area contributed by atoms with Crippen LogP contribution in [0, 0.1) is 0 Å². The van der Waals surface area contributed by atoms with Gasteiger partial charge in [0, 0.05) is 181 Å². The Hall–Kier alpha value is -9.94. The van der Waals surface area contributed by atoms with Crippen molar-refractivity contribution in [2.75, 3.05) is 119 Å². The van der Waals surface area contributed by atoms with Gasteiger partial charge in [-0.2, -0.15) is 0 Å². The van der Waals surface area contributed by atoms with E-state index in [4.69, 9.17) is 91.0 Å². The maximum atomic E-state index is 12.9. The zero-order valence-corrected chi connectivity index (χ0v) is 73.3. The Morgan fingerprint density at radius 1 is 0.272 bits per heavy atom. The van der Waals surface area contributed by atoms with Gasteiger partial charge in [-0.3, -0.25) is 86.3 Å². The highest BCUT2D eigenvalue weighted by molar-refractivity contribution is 5.79. The minimum atomic E-state index is -1.35. The highest BCUT2D eigenvalue weighted by Crippen LogP contribution is 2.32. The fraction of sp³-hybridized carbons (Fsp3) is 0.772. The maximum Gasteiger partial charge on any atom is 0.303 e. The molecule has 0 aromatic heterocycles. The number of amides is 9. The van der Waals surface area contributed by atoms with Gasteiger partial charge in [0.05, 0.1) is 45.2 Å². The van der Waals surface area contributed by atoms with Gasteiger partial charge < -0.3 is 139 Å². The lowest BCUT2D eigenvalue weighted by Gasteiger charge is -2.44. The Bertz CT molecular complexity index is 3140. The van der Waals surface area contributed by atoms with E-state index in [0.717, 1.165) is 62.3 Å². The lowest BCUT2D eigenvalue weighted by atomic mass is 9.96. The number of hydrogen-bond acceptors (Lipinski definition) is 37. The SMILES string of the molecule is CC(=O)N[C@H]1[C@H](OCCCCC(=O)NCCCNC(=O)CCOCC(N)(COCCC(=O)NCCCNC(=O)CCCCO[C@@H]2O[C@H](COC(C)=O)[C@H](OC(C)=O)[C@H](OC(C)=O)[C@H]2NC(C)=O)COCCC(=O)NCCCNC(=O)CCCCO[C@@H]2O[C@H](COC(C)=O)[C@H](OC(C)=O)[C@H](OC(C)=O)[C@H]2NC(C)=O)O[C@H](COC(C)=O)[C@H](OC(C)=O)[C@@H]1OC(C)=O. The van der Waals surface area contributed by atoms with Crippen molar-refractivity contribution in [1.82, 2.24) is 47.9 Å². The quantitative estimate of drug-likeness (QED) is 0.0168. The lowest BCUT2D eigenvalue weighted by molar-refractivity contribution is -0.277. The first kappa shape index (κ1) is 109. The Balaban J connectivity index is 1.48. The van der Waals surface area contributed by atoms with Crippen LogP contribution in [0.15, 0.2) is 0 Å². The van der Waals surface area contributed by atoms with E-state index in [9.17, 15) is 86.3 Å². The predicted molar refractivity (Wildman–Crippen MR) is 427 cm³/mol. The molecule has 0 aromatic rings. The molecule has 46 heteroatoms. The molecule has 0 bridgehead atoms. The van der Waals surface area contributed by atoms with Crippen molar-refractivity contribution < 1.29 is 172 Å². The third-order valence-electron chi connectivity index (χ3n) is 18.0. The lowest BCUT2D eigenvalue weighted by Crippen LogP contribution is -2.66. The zero-order chi connectivity index (χ0) is 93.0. The number of ether oxygens (including phenoxy) is 18. The molecule has 710 valence electrons. The van der Waals surface area contributed by atoms with E-state index in [1.807, 2.05) is 0 Å². The van der Waals surface area contributed by atoms with Crippen LogP contribution in [0.4, 0.5) is 0 Å². The van der Waals surface area contributed by atoms with Gasteiger partial charge in [-0.25, -0.2) is 0 Å². The van der Waals surface area contributed by atoms with Crippen LogP contribution in [0.1, 0.15) is 179 Å². The van der Waals surface area contributed by atoms with E-state index in [1.165, 1.54) is 20.8 Å². The minimum absolute atomic E-state index is 0.00469. The summed E-state index contributed by atoms with van der Waals surface area (Å²) in [4.78, 5) is 221. The standard InChI is InChI=1S/C79H128N10O36/c1-46(90)87-67-73(120-55(10)99)70(117-52(7)96)58(40-114-49(4)93)123-76(67)111-34-16-13-22-61(102)81-28-19-31-84-64(105)25-37-108-43-79(80,44-109-38-26-65(106)85-32-20-29-82-62(103)23-14-17-35-112-77-68(88-47(2)91)74(121-56(11)100)71(118-53(8)97)59(124-77)41-115-50(5)94)45-110-39-27-66(107)86-33-21-30-83-63(104)24-15-18-36-113-78-69(89-48(3)92)75(122-57(12)101)72(119-54(9)98)60(125-78)42-116-51(6)95/h58-60,67-78H,13-45,80H2,1-12H3,(H,81,102)(H,82,103)(H,83,104)(H,84,105)(H,85,106)(H,86,107)(H,87,90)(H,88,91)(H,89,92)/t58-,59-,60-,67-,68-,69-,70+,71+,72+,73-,74-,75-,76-,77-,78-/m1/s1. The molecule has 3 saturated heterocycles. The van der Waals surface area contributed by atoms with Crippen LogP contribution < -0.4 is 53.6 Å². The van der Waals surface area contributed by atoms with Gasteiger partial charge in [0.15, 0.2) is 55.5 Å². The third kappa shape index (κ3) is 47.8. The molecule has 3 rings (SSSR count). The summed E-state index contributed by atoms with van der Waals surface area (Å²) in [6.07, 6.45) is -11.8. The van der Waals surface area contributed by atoms with E-state index in [1.54, 1.807) is 0 Å². The summed E-state index contributed by atoms with van der Waals surface area (Å²) in [5.74, 6) is -10.2. The van der Waals surface area contributed by atoms with E-state index in [0.29, 0.717) is 57.8 Å². The fourth-order valence-electron chi connectivity index (χ4n) is 12.7. The van der Waals surface area contributed by atoms with Gasteiger partial charge in [0.25, 0.3) is 0 Å². The van der Waals surface area contributed by atoms with Gasteiger partial charge in [0.1, 0.15) is 56.3 Å². The number of esters is 9. The third-order valence-corrected chi connectivity index (χ3v) is 18.0. The number of nitrogens with one attached hydrogen (secondary N) is 9. The van der Waals surface area contributed by atoms with Crippen LogP contribution in [0.3, 0.4) is 0 Å². The number of unbranched alkanes of at least 4 members (excludes halogenated alkanes) is 3. The van der Waals surface area contributed by atoms with Crippen molar-refractivity contribution in [3.8, 4) is 0 Å². The molecule has 46 nitrogen and oxygen atoms in total. The van der Waals surface area contributed by atoms with Crippen LogP contribution in [-0.4, -0.2) is 323 Å². The molecular weight excluding hydrogens is 1660 g/mol. The molecule has 0 radical (unpaired) electrons. The van der Waals surface area contributed by atoms with Crippen molar-refractivity contribution in [2.45, 2.75) is 277 Å². The Labute approximate surface area is 724 Å². The minimum Gasteiger partial charge on any atom is -0.463 e. The fourth-order valence-corrected chi connectivity index (χ4v) is 12.7. The molecule has 3 heterocycles. The highest BCUT2D eigenvalue weighted by Gasteiger charge is 2.54. The van der Waals surface area contributed by atoms with Gasteiger partial charge in [-0.1, -0.05) is 0 Å². The van der Waals surface area contributed by atoms with Crippen LogP contribution >= 0.6 is 0 Å². The summed E-state index contributed by atoms with van der Waals surface area (Å²) in [5, 5.41) is 24.5. The maximum absolute atomic E-state index is 12.9. The van der Waals surface area contributed by atoms with Crippen LogP contribution in [0.2, 0.25) is 0 Å². The van der Waals surface area contributed by atoms with Crippen molar-refractivity contribution in [3.05, 3.63) is 0 Å². The Morgan fingerprint density at radius 3 is 0.696 bits per heavy atom. The smallest absolute Gasteiger partial charge is 0.303 e. The molecule has 15 atom stereocenters. The average molecular weight is 1790 g/mol. The molecule has 9 amide bonds. The first-order valence-corrected chi connectivity index (χ1v) is 41.4. The van der Waals surface area contributed by atoms with Crippen molar-refractivity contribution in [2.24, 2.45) is 5.73 Å². The second-order valence-electron chi connectivity index (χ2n) is 29.6. The normalized spacial score (nSPS) is 22.0. The topological polar surface area (TPSA) is 608 Å². The molecule has 0 aliphatic carbocycles. The summed E-state index contributed by atoms with van der Waals surface area (Å²) in [5.41, 5.74) is 5.39. The largest absolute Gasteiger partial charge is 0.463 e. The monoisotopic (exact) mass is 1790 g/mol. The first-order chi connectivity index (χ1) is 59.3. The van der Waals surface area contributed by atoms with Crippen molar-refractivity contribution in [3.63, 3.8) is 0 Å². The molecule has 3 aliphatic rings. The van der Waals surface area contributed by atoms with Crippen LogP contribution in [0.25, 0.3) is 0 Å². The predicted octanol–water partition coefficient (Wildman–Crippen LogP) is -2.70. The van der Waals surface area contributed by atoms with Gasteiger partial charge in [-0.05, 0) is 57.8 Å². The molecule has 125 heavy (non-hydrogen) atoms. The van der Waals surface area contributed by atoms with E-state index >= 15 is 0 Å². The highest BCUT2D eigenvalue weighted by atomic mass is 16.7. The molecule has 11 N–H and O–H groups in total. The molecule has 0 aromatic carbocycles. The number of rotatable bonds is 60. The summed E-state index contributed by atoms with van der Waals surface area (Å²) >= 11 is 0. The van der Waals surface area contributed by atoms with Gasteiger partial charge >= 0.3 is 53.7 Å². The van der Waals surface area contributed by atoms with Crippen molar-refractivity contribution in [1.29, 1.82) is 0 Å². The molecule has 3 aliphatic heterocycles. The molecule has 0 spiro atoms. The molecule has 0 unspecified atom stereocenters. The van der Waals surface area contributed by atoms with Crippen LogP contribution in [-0.2, 0) is 172 Å². The Morgan fingerprint density at radius 2 is 0.488 bits per heavy atom. The second-order valence-corrected chi connectivity index (χ2v) is 29.6. The number of carbonyl (C=O) groups is 18. The summed E-state index contributed by atoms with van der Waals surface area (Å²) < 4.78 is 101. The van der Waals surface area contributed by atoms with E-state index < -0.39 is 189 Å². The second kappa shape index (κ2) is 60.6. The Kier molecular flexibility index (Phi) is 53.0. The summed E-state index contributed by atoms with van der Waals surface area (Å²) in [6, 6.07) is -3.46. The van der Waals surface area contributed by atoms with Gasteiger partial charge in [-0.15, -0.1) is 0 Å². The van der Waals surface area contributed by atoms with Crippen LogP contribution in [0.5, 0.6) is 0 Å². The number of hydrogen-bond donors (Lipinski definition) is 10. The number of nitrogens with two attached hydrogens (primary N) is 1. The molecular formula is C79H128N10O36. The first-order valence-electron chi connectivity index (χ1n) is 41.4. The van der Waals surface area contributed by atoms with Crippen molar-refractivity contribution >= 4 is 107 Å². The number of carbonyl (C=O) groups excluding carboxylic acids is 18.